The summed E-state index contributed by atoms with van der Waals surface area (Å²) in [5.74, 6) is 0.766. The van der Waals surface area contributed by atoms with E-state index in [0.29, 0.717) is 12.3 Å². The number of hydrogen-bond acceptors (Lipinski definition) is 4. The van der Waals surface area contributed by atoms with E-state index in [1.165, 1.54) is 16.0 Å². The van der Waals surface area contributed by atoms with Crippen LogP contribution in [0.15, 0.2) is 54.7 Å². The summed E-state index contributed by atoms with van der Waals surface area (Å²) in [7, 11) is 0. The van der Waals surface area contributed by atoms with Crippen molar-refractivity contribution in [3.63, 3.8) is 0 Å². The molecule has 0 saturated carbocycles. The second-order valence-electron chi connectivity index (χ2n) is 5.85. The predicted octanol–water partition coefficient (Wildman–Crippen LogP) is 4.64. The molecule has 0 radical (unpaired) electrons. The van der Waals surface area contributed by atoms with Crippen LogP contribution < -0.4 is 10.5 Å². The minimum atomic E-state index is 0.671. The van der Waals surface area contributed by atoms with E-state index >= 15 is 0 Å². The Balaban J connectivity index is 1.51. The van der Waals surface area contributed by atoms with E-state index in [-0.39, 0.29) is 0 Å². The first kappa shape index (κ1) is 16.5. The topological polar surface area (TPSA) is 48.1 Å². The van der Waals surface area contributed by atoms with Crippen molar-refractivity contribution in [1.82, 2.24) is 4.98 Å². The Hall–Kier alpha value is -2.33. The number of nitrogens with zero attached hydrogens (tertiary/aromatic N) is 1. The van der Waals surface area contributed by atoms with Crippen molar-refractivity contribution in [1.29, 1.82) is 0 Å². The smallest absolute Gasteiger partial charge is 0.142 e. The van der Waals surface area contributed by atoms with Crippen molar-refractivity contribution in [3.8, 4) is 5.75 Å². The average Bonchev–Trinajstić information content (AvgIpc) is 2.99. The summed E-state index contributed by atoms with van der Waals surface area (Å²) in [5, 5.41) is 1.11. The van der Waals surface area contributed by atoms with Crippen LogP contribution in [0.1, 0.15) is 27.4 Å². The summed E-state index contributed by atoms with van der Waals surface area (Å²) in [6.07, 6.45) is 4.72. The molecule has 4 heteroatoms. The predicted molar refractivity (Wildman–Crippen MR) is 101 cm³/mol. The zero-order valence-electron chi connectivity index (χ0n) is 13.9. The third kappa shape index (κ3) is 4.59. The third-order valence-corrected chi connectivity index (χ3v) is 4.72. The van der Waals surface area contributed by atoms with Gasteiger partial charge in [-0.05, 0) is 43.0 Å². The van der Waals surface area contributed by atoms with Gasteiger partial charge < -0.3 is 10.5 Å². The van der Waals surface area contributed by atoms with Crippen LogP contribution in [0, 0.1) is 6.92 Å². The number of nitrogen functional groups attached to an aromatic ring is 1. The molecule has 0 spiro atoms. The van der Waals surface area contributed by atoms with Crippen molar-refractivity contribution in [2.75, 3.05) is 12.3 Å². The molecule has 0 bridgehead atoms. The Morgan fingerprint density at radius 3 is 2.62 bits per heavy atom. The number of rotatable bonds is 7. The van der Waals surface area contributed by atoms with E-state index in [0.717, 1.165) is 30.0 Å². The van der Waals surface area contributed by atoms with E-state index in [4.69, 9.17) is 10.5 Å². The van der Waals surface area contributed by atoms with Crippen molar-refractivity contribution in [2.45, 2.75) is 26.2 Å². The normalized spacial score (nSPS) is 10.7. The fourth-order valence-electron chi connectivity index (χ4n) is 2.60. The van der Waals surface area contributed by atoms with Gasteiger partial charge in [0, 0.05) is 17.5 Å². The van der Waals surface area contributed by atoms with E-state index in [1.54, 1.807) is 11.3 Å². The Morgan fingerprint density at radius 1 is 1.08 bits per heavy atom. The third-order valence-electron chi connectivity index (χ3n) is 3.81. The van der Waals surface area contributed by atoms with Gasteiger partial charge in [0.15, 0.2) is 0 Å². The number of anilines is 1. The van der Waals surface area contributed by atoms with Crippen LogP contribution in [0.4, 0.5) is 5.69 Å². The summed E-state index contributed by atoms with van der Waals surface area (Å²) in [6.45, 7) is 2.74. The fraction of sp³-hybridized carbons (Fsp3) is 0.250. The van der Waals surface area contributed by atoms with Crippen LogP contribution in [-0.4, -0.2) is 11.6 Å². The highest BCUT2D eigenvalue weighted by molar-refractivity contribution is 7.11. The lowest BCUT2D eigenvalue weighted by molar-refractivity contribution is 0.312. The molecule has 24 heavy (non-hydrogen) atoms. The highest BCUT2D eigenvalue weighted by Gasteiger charge is 2.05. The molecule has 0 atom stereocenters. The number of hydrogen-bond donors (Lipinski definition) is 1. The summed E-state index contributed by atoms with van der Waals surface area (Å²) in [4.78, 5) is 5.63. The van der Waals surface area contributed by atoms with Gasteiger partial charge in [0.1, 0.15) is 5.75 Å². The molecule has 0 unspecified atom stereocenters. The highest BCUT2D eigenvalue weighted by Crippen LogP contribution is 2.25. The van der Waals surface area contributed by atoms with Gasteiger partial charge in [-0.3, -0.25) is 0 Å². The molecule has 2 aromatic carbocycles. The zero-order valence-corrected chi connectivity index (χ0v) is 14.7. The lowest BCUT2D eigenvalue weighted by Crippen LogP contribution is -2.02. The van der Waals surface area contributed by atoms with Gasteiger partial charge in [0.05, 0.1) is 17.3 Å². The zero-order chi connectivity index (χ0) is 16.8. The molecule has 3 nitrogen and oxygen atoms in total. The maximum atomic E-state index is 6.13. The van der Waals surface area contributed by atoms with Crippen LogP contribution in [0.2, 0.25) is 0 Å². The molecule has 3 aromatic rings. The quantitative estimate of drug-likeness (QED) is 0.504. The number of aryl methyl sites for hydroxylation is 2. The molecule has 0 aliphatic heterocycles. The molecule has 124 valence electrons. The Bertz CT molecular complexity index is 783. The van der Waals surface area contributed by atoms with Gasteiger partial charge in [0.2, 0.25) is 0 Å². The van der Waals surface area contributed by atoms with Crippen LogP contribution in [0.3, 0.4) is 0 Å². The maximum absolute atomic E-state index is 6.13. The lowest BCUT2D eigenvalue weighted by atomic mass is 10.1. The lowest BCUT2D eigenvalue weighted by Gasteiger charge is -2.10. The van der Waals surface area contributed by atoms with Crippen LogP contribution >= 0.6 is 11.3 Å². The largest absolute Gasteiger partial charge is 0.491 e. The number of nitrogens with two attached hydrogens (primary N) is 1. The molecular formula is C20H22N2OS. The first-order chi connectivity index (χ1) is 11.7. The Labute approximate surface area is 147 Å². The van der Waals surface area contributed by atoms with Crippen molar-refractivity contribution >= 4 is 17.0 Å². The summed E-state index contributed by atoms with van der Waals surface area (Å²) >= 11 is 1.72. The minimum absolute atomic E-state index is 0.671. The molecule has 0 amide bonds. The Morgan fingerprint density at radius 2 is 1.92 bits per heavy atom. The molecule has 0 aliphatic carbocycles. The van der Waals surface area contributed by atoms with Gasteiger partial charge in [-0.2, -0.15) is 0 Å². The van der Waals surface area contributed by atoms with Gasteiger partial charge >= 0.3 is 0 Å². The van der Waals surface area contributed by atoms with E-state index < -0.39 is 0 Å². The summed E-state index contributed by atoms with van der Waals surface area (Å²) < 4.78 is 5.83. The highest BCUT2D eigenvalue weighted by atomic mass is 32.1. The molecule has 0 saturated heterocycles. The van der Waals surface area contributed by atoms with Crippen LogP contribution in [0.25, 0.3) is 0 Å². The number of benzene rings is 2. The van der Waals surface area contributed by atoms with Gasteiger partial charge in [-0.15, -0.1) is 11.3 Å². The SMILES string of the molecule is Cc1cnc(Cc2ccc(OCCCc3ccccc3)c(N)c2)s1. The fourth-order valence-corrected chi connectivity index (χ4v) is 3.42. The van der Waals surface area contributed by atoms with E-state index in [1.807, 2.05) is 24.4 Å². The van der Waals surface area contributed by atoms with E-state index in [9.17, 15) is 0 Å². The molecule has 0 aliphatic rings. The summed E-state index contributed by atoms with van der Waals surface area (Å²) in [5.41, 5.74) is 9.33. The maximum Gasteiger partial charge on any atom is 0.142 e. The number of ether oxygens (including phenoxy) is 1. The second-order valence-corrected chi connectivity index (χ2v) is 7.17. The first-order valence-electron chi connectivity index (χ1n) is 8.17. The van der Waals surface area contributed by atoms with Gasteiger partial charge in [-0.1, -0.05) is 36.4 Å². The molecule has 3 rings (SSSR count). The van der Waals surface area contributed by atoms with E-state index in [2.05, 4.69) is 42.2 Å². The Kier molecular flexibility index (Phi) is 5.49. The average molecular weight is 338 g/mol. The number of thiazole rings is 1. The van der Waals surface area contributed by atoms with Crippen molar-refractivity contribution < 1.29 is 4.74 Å². The molecule has 1 heterocycles. The molecular weight excluding hydrogens is 316 g/mol. The minimum Gasteiger partial charge on any atom is -0.491 e. The molecule has 0 fully saturated rings. The van der Waals surface area contributed by atoms with Gasteiger partial charge in [0.25, 0.3) is 0 Å². The second kappa shape index (κ2) is 7.97. The number of aromatic nitrogens is 1. The first-order valence-corrected chi connectivity index (χ1v) is 8.99. The van der Waals surface area contributed by atoms with Crippen molar-refractivity contribution in [3.05, 3.63) is 75.7 Å². The monoisotopic (exact) mass is 338 g/mol. The van der Waals surface area contributed by atoms with Crippen LogP contribution in [0.5, 0.6) is 5.75 Å². The van der Waals surface area contributed by atoms with Crippen LogP contribution in [-0.2, 0) is 12.8 Å². The van der Waals surface area contributed by atoms with Gasteiger partial charge in [-0.25, -0.2) is 4.98 Å². The summed E-state index contributed by atoms with van der Waals surface area (Å²) in [6, 6.07) is 16.5. The molecule has 1 aromatic heterocycles. The standard InChI is InChI=1S/C20H22N2OS/c1-15-14-22-20(24-15)13-17-9-10-19(18(21)12-17)23-11-5-8-16-6-3-2-4-7-16/h2-4,6-7,9-10,12,14H,5,8,11,13,21H2,1H3. The van der Waals surface area contributed by atoms with Crippen molar-refractivity contribution in [2.24, 2.45) is 0 Å². The molecule has 2 N–H and O–H groups in total.